The van der Waals surface area contributed by atoms with Crippen molar-refractivity contribution in [2.75, 3.05) is 6.61 Å². The Labute approximate surface area is 116 Å². The van der Waals surface area contributed by atoms with Crippen molar-refractivity contribution in [1.82, 2.24) is 5.32 Å². The first-order valence-electron chi connectivity index (χ1n) is 6.84. The van der Waals surface area contributed by atoms with Crippen LogP contribution in [0.5, 0.6) is 0 Å². The summed E-state index contributed by atoms with van der Waals surface area (Å²) in [5.41, 5.74) is 2.63. The van der Waals surface area contributed by atoms with Crippen LogP contribution in [0.25, 0.3) is 0 Å². The molecule has 0 aromatic heterocycles. The number of hydrogen-bond acceptors (Lipinski definition) is 3. The van der Waals surface area contributed by atoms with E-state index in [1.54, 1.807) is 0 Å². The Morgan fingerprint density at radius 3 is 2.63 bits per heavy atom. The maximum atomic E-state index is 11.5. The smallest absolute Gasteiger partial charge is 0.322 e. The molecule has 0 aliphatic carbocycles. The first-order valence-corrected chi connectivity index (χ1v) is 6.84. The Kier molecular flexibility index (Phi) is 5.55. The Hall–Kier alpha value is -1.35. The Morgan fingerprint density at radius 1 is 1.37 bits per heavy atom. The number of esters is 1. The monoisotopic (exact) mass is 263 g/mol. The number of hydrogen-bond donors (Lipinski definition) is 1. The van der Waals surface area contributed by atoms with Crippen LogP contribution in [0.2, 0.25) is 0 Å². The van der Waals surface area contributed by atoms with Gasteiger partial charge in [0.05, 0.1) is 6.61 Å². The number of carbonyl (C=O) groups excluding carboxylic acids is 1. The van der Waals surface area contributed by atoms with Crippen molar-refractivity contribution in [1.29, 1.82) is 0 Å². The zero-order valence-corrected chi connectivity index (χ0v) is 12.6. The van der Waals surface area contributed by atoms with Gasteiger partial charge >= 0.3 is 5.97 Å². The molecule has 1 aromatic carbocycles. The van der Waals surface area contributed by atoms with Crippen molar-refractivity contribution in [2.24, 2.45) is 0 Å². The van der Waals surface area contributed by atoms with E-state index in [1.807, 2.05) is 13.8 Å². The lowest BCUT2D eigenvalue weighted by molar-refractivity contribution is -0.145. The predicted molar refractivity (Wildman–Crippen MR) is 78.1 cm³/mol. The first kappa shape index (κ1) is 15.7. The van der Waals surface area contributed by atoms with Crippen molar-refractivity contribution in [2.45, 2.75) is 52.6 Å². The molecule has 0 heterocycles. The molecule has 0 saturated heterocycles. The summed E-state index contributed by atoms with van der Waals surface area (Å²) in [7, 11) is 0. The molecular formula is C16H25NO2. The van der Waals surface area contributed by atoms with Gasteiger partial charge in [0.15, 0.2) is 0 Å². The summed E-state index contributed by atoms with van der Waals surface area (Å²) in [6, 6.07) is 8.17. The summed E-state index contributed by atoms with van der Waals surface area (Å²) in [4.78, 5) is 11.5. The standard InChI is InChI=1S/C16H25NO2/c1-6-19-15(18)12(2)17-11-13-8-7-9-14(10-13)16(3,4)5/h7-10,12,17H,6,11H2,1-5H3. The average molecular weight is 263 g/mol. The molecule has 1 N–H and O–H groups in total. The first-order chi connectivity index (χ1) is 8.84. The largest absolute Gasteiger partial charge is 0.465 e. The maximum absolute atomic E-state index is 11.5. The minimum atomic E-state index is -0.279. The van der Waals surface area contributed by atoms with E-state index in [-0.39, 0.29) is 17.4 Å². The molecule has 0 bridgehead atoms. The van der Waals surface area contributed by atoms with Crippen molar-refractivity contribution in [3.05, 3.63) is 35.4 Å². The van der Waals surface area contributed by atoms with Crippen molar-refractivity contribution >= 4 is 5.97 Å². The summed E-state index contributed by atoms with van der Waals surface area (Å²) >= 11 is 0. The van der Waals surface area contributed by atoms with E-state index in [9.17, 15) is 4.79 Å². The maximum Gasteiger partial charge on any atom is 0.322 e. The highest BCUT2D eigenvalue weighted by atomic mass is 16.5. The summed E-state index contributed by atoms with van der Waals surface area (Å²) in [5.74, 6) is -0.200. The number of nitrogens with one attached hydrogen (secondary N) is 1. The molecule has 3 heteroatoms. The van der Waals surface area contributed by atoms with Crippen LogP contribution in [0.4, 0.5) is 0 Å². The van der Waals surface area contributed by atoms with Crippen LogP contribution in [0.15, 0.2) is 24.3 Å². The van der Waals surface area contributed by atoms with Crippen LogP contribution in [0.3, 0.4) is 0 Å². The Balaban J connectivity index is 2.61. The zero-order chi connectivity index (χ0) is 14.5. The number of carbonyl (C=O) groups is 1. The number of rotatable bonds is 5. The Bertz CT molecular complexity index is 421. The fourth-order valence-corrected chi connectivity index (χ4v) is 1.77. The van der Waals surface area contributed by atoms with Crippen molar-refractivity contribution in [3.63, 3.8) is 0 Å². The fourth-order valence-electron chi connectivity index (χ4n) is 1.77. The molecule has 1 unspecified atom stereocenters. The highest BCUT2D eigenvalue weighted by molar-refractivity contribution is 5.75. The van der Waals surface area contributed by atoms with Gasteiger partial charge in [0, 0.05) is 6.54 Å². The normalized spacial score (nSPS) is 13.1. The second-order valence-corrected chi connectivity index (χ2v) is 5.81. The molecule has 0 saturated carbocycles. The van der Waals surface area contributed by atoms with Gasteiger partial charge in [-0.2, -0.15) is 0 Å². The van der Waals surface area contributed by atoms with E-state index in [0.717, 1.165) is 0 Å². The molecule has 19 heavy (non-hydrogen) atoms. The van der Waals surface area contributed by atoms with Crippen molar-refractivity contribution < 1.29 is 9.53 Å². The predicted octanol–water partition coefficient (Wildman–Crippen LogP) is 3.03. The van der Waals surface area contributed by atoms with Gasteiger partial charge in [-0.3, -0.25) is 4.79 Å². The van der Waals surface area contributed by atoms with Crippen molar-refractivity contribution in [3.8, 4) is 0 Å². The number of benzene rings is 1. The molecule has 1 aromatic rings. The van der Waals surface area contributed by atoms with Gasteiger partial charge < -0.3 is 10.1 Å². The molecule has 0 aliphatic rings. The molecule has 0 fully saturated rings. The minimum absolute atomic E-state index is 0.142. The van der Waals surface area contributed by atoms with E-state index in [4.69, 9.17) is 4.74 Å². The Morgan fingerprint density at radius 2 is 2.05 bits per heavy atom. The molecule has 0 spiro atoms. The van der Waals surface area contributed by atoms with Gasteiger partial charge in [-0.15, -0.1) is 0 Å². The topological polar surface area (TPSA) is 38.3 Å². The van der Waals surface area contributed by atoms with Gasteiger partial charge in [-0.25, -0.2) is 0 Å². The molecule has 1 atom stereocenters. The van der Waals surface area contributed by atoms with Crippen LogP contribution in [0.1, 0.15) is 45.7 Å². The number of ether oxygens (including phenoxy) is 1. The second kappa shape index (κ2) is 6.71. The van der Waals surface area contributed by atoms with Gasteiger partial charge in [0.25, 0.3) is 0 Å². The third-order valence-corrected chi connectivity index (χ3v) is 3.05. The third kappa shape index (κ3) is 5.03. The van der Waals surface area contributed by atoms with Crippen LogP contribution < -0.4 is 5.32 Å². The molecule has 0 aliphatic heterocycles. The fraction of sp³-hybridized carbons (Fsp3) is 0.562. The molecule has 0 radical (unpaired) electrons. The lowest BCUT2D eigenvalue weighted by Gasteiger charge is -2.20. The second-order valence-electron chi connectivity index (χ2n) is 5.81. The highest BCUT2D eigenvalue weighted by Gasteiger charge is 2.15. The SMILES string of the molecule is CCOC(=O)C(C)NCc1cccc(C(C)(C)C)c1. The quantitative estimate of drug-likeness (QED) is 0.830. The summed E-state index contributed by atoms with van der Waals surface area (Å²) < 4.78 is 4.97. The minimum Gasteiger partial charge on any atom is -0.465 e. The molecular weight excluding hydrogens is 238 g/mol. The van der Waals surface area contributed by atoms with E-state index in [2.05, 4.69) is 50.4 Å². The molecule has 3 nitrogen and oxygen atoms in total. The summed E-state index contributed by atoms with van der Waals surface area (Å²) in [5, 5.41) is 3.19. The van der Waals surface area contributed by atoms with Crippen LogP contribution in [-0.4, -0.2) is 18.6 Å². The summed E-state index contributed by atoms with van der Waals surface area (Å²) in [6.07, 6.45) is 0. The van der Waals surface area contributed by atoms with Crippen LogP contribution >= 0.6 is 0 Å². The van der Waals surface area contributed by atoms with E-state index in [0.29, 0.717) is 13.2 Å². The van der Waals surface area contributed by atoms with Crippen LogP contribution in [-0.2, 0) is 21.5 Å². The molecule has 1 rings (SSSR count). The van der Waals surface area contributed by atoms with E-state index in [1.165, 1.54) is 11.1 Å². The highest BCUT2D eigenvalue weighted by Crippen LogP contribution is 2.22. The lowest BCUT2D eigenvalue weighted by Crippen LogP contribution is -2.34. The van der Waals surface area contributed by atoms with Gasteiger partial charge in [0.2, 0.25) is 0 Å². The average Bonchev–Trinajstić information content (AvgIpc) is 2.35. The zero-order valence-electron chi connectivity index (χ0n) is 12.6. The van der Waals surface area contributed by atoms with E-state index >= 15 is 0 Å². The van der Waals surface area contributed by atoms with Gasteiger partial charge in [0.1, 0.15) is 6.04 Å². The van der Waals surface area contributed by atoms with Gasteiger partial charge in [-0.05, 0) is 30.4 Å². The third-order valence-electron chi connectivity index (χ3n) is 3.05. The van der Waals surface area contributed by atoms with Gasteiger partial charge in [-0.1, -0.05) is 45.0 Å². The van der Waals surface area contributed by atoms with Crippen LogP contribution in [0, 0.1) is 0 Å². The molecule has 0 amide bonds. The van der Waals surface area contributed by atoms with E-state index < -0.39 is 0 Å². The summed E-state index contributed by atoms with van der Waals surface area (Å²) in [6.45, 7) is 11.3. The lowest BCUT2D eigenvalue weighted by atomic mass is 9.86. The molecule has 106 valence electrons.